The van der Waals surface area contributed by atoms with Crippen LogP contribution in [-0.4, -0.2) is 46.9 Å². The third-order valence-corrected chi connectivity index (χ3v) is 3.77. The summed E-state index contributed by atoms with van der Waals surface area (Å²) in [5.41, 5.74) is 0.407. The number of nitrogens with one attached hydrogen (secondary N) is 1. The molecule has 1 heterocycles. The Morgan fingerprint density at radius 2 is 2.05 bits per heavy atom. The van der Waals surface area contributed by atoms with E-state index in [1.165, 1.54) is 0 Å². The number of aliphatic carboxylic acids is 1. The van der Waals surface area contributed by atoms with Gasteiger partial charge in [0.2, 0.25) is 5.91 Å². The second kappa shape index (κ2) is 5.55. The molecule has 0 spiro atoms. The molecular formula is C12H11IN2O4. The Bertz CT molecular complexity index is 546. The molecule has 1 unspecified atom stereocenters. The lowest BCUT2D eigenvalue weighted by Crippen LogP contribution is -2.59. The average Bonchev–Trinajstić information content (AvgIpc) is 2.38. The van der Waals surface area contributed by atoms with Gasteiger partial charge in [-0.1, -0.05) is 12.1 Å². The van der Waals surface area contributed by atoms with Crippen LogP contribution in [0.5, 0.6) is 0 Å². The number of carbonyl (C=O) groups is 3. The van der Waals surface area contributed by atoms with Crippen LogP contribution in [0.15, 0.2) is 24.3 Å². The molecule has 0 radical (unpaired) electrons. The van der Waals surface area contributed by atoms with Crippen molar-refractivity contribution < 1.29 is 19.5 Å². The van der Waals surface area contributed by atoms with Crippen molar-refractivity contribution in [1.29, 1.82) is 0 Å². The van der Waals surface area contributed by atoms with Crippen molar-refractivity contribution in [3.63, 3.8) is 0 Å². The minimum absolute atomic E-state index is 0.0662. The van der Waals surface area contributed by atoms with Crippen LogP contribution in [0.1, 0.15) is 10.4 Å². The molecule has 0 saturated carbocycles. The molecule has 1 aliphatic rings. The fourth-order valence-corrected chi connectivity index (χ4v) is 2.48. The van der Waals surface area contributed by atoms with Crippen molar-refractivity contribution in [2.24, 2.45) is 0 Å². The molecule has 1 atom stereocenters. The minimum atomic E-state index is -1.13. The number of hydrogen-bond donors (Lipinski definition) is 2. The molecule has 1 aliphatic heterocycles. The van der Waals surface area contributed by atoms with Gasteiger partial charge in [-0.05, 0) is 34.7 Å². The van der Waals surface area contributed by atoms with Crippen LogP contribution in [0.3, 0.4) is 0 Å². The highest BCUT2D eigenvalue weighted by atomic mass is 127. The van der Waals surface area contributed by atoms with Gasteiger partial charge in [-0.2, -0.15) is 0 Å². The summed E-state index contributed by atoms with van der Waals surface area (Å²) in [5, 5.41) is 11.6. The first-order valence-corrected chi connectivity index (χ1v) is 6.63. The van der Waals surface area contributed by atoms with Crippen LogP contribution in [0.25, 0.3) is 0 Å². The first-order chi connectivity index (χ1) is 9.00. The summed E-state index contributed by atoms with van der Waals surface area (Å²) in [7, 11) is 0. The summed E-state index contributed by atoms with van der Waals surface area (Å²) >= 11 is 2.01. The van der Waals surface area contributed by atoms with Crippen LogP contribution in [0, 0.1) is 3.57 Å². The Hall–Kier alpha value is -1.64. The van der Waals surface area contributed by atoms with E-state index in [0.29, 0.717) is 5.56 Å². The zero-order valence-corrected chi connectivity index (χ0v) is 12.0. The topological polar surface area (TPSA) is 86.7 Å². The summed E-state index contributed by atoms with van der Waals surface area (Å²) in [6.07, 6.45) is 0. The summed E-state index contributed by atoms with van der Waals surface area (Å²) in [6.45, 7) is -0.301. The highest BCUT2D eigenvalue weighted by Crippen LogP contribution is 2.16. The maximum Gasteiger partial charge on any atom is 0.328 e. The van der Waals surface area contributed by atoms with E-state index in [-0.39, 0.29) is 19.0 Å². The van der Waals surface area contributed by atoms with Gasteiger partial charge in [0.1, 0.15) is 12.6 Å². The highest BCUT2D eigenvalue weighted by Gasteiger charge is 2.35. The molecule has 1 saturated heterocycles. The molecule has 2 rings (SSSR count). The maximum absolute atomic E-state index is 12.4. The zero-order valence-electron chi connectivity index (χ0n) is 9.80. The van der Waals surface area contributed by atoms with E-state index < -0.39 is 17.9 Å². The Morgan fingerprint density at radius 3 is 2.68 bits per heavy atom. The highest BCUT2D eigenvalue weighted by molar-refractivity contribution is 14.1. The Morgan fingerprint density at radius 1 is 1.37 bits per heavy atom. The van der Waals surface area contributed by atoms with Gasteiger partial charge in [0.15, 0.2) is 0 Å². The number of amides is 2. The fourth-order valence-electron chi connectivity index (χ4n) is 1.86. The number of nitrogens with zero attached hydrogens (tertiary/aromatic N) is 1. The van der Waals surface area contributed by atoms with Crippen LogP contribution >= 0.6 is 22.6 Å². The molecule has 2 N–H and O–H groups in total. The molecule has 7 heteroatoms. The van der Waals surface area contributed by atoms with Crippen LogP contribution in [0.2, 0.25) is 0 Å². The van der Waals surface area contributed by atoms with E-state index in [4.69, 9.17) is 5.11 Å². The maximum atomic E-state index is 12.4. The molecule has 1 aromatic carbocycles. The van der Waals surface area contributed by atoms with Gasteiger partial charge in [-0.3, -0.25) is 9.59 Å². The van der Waals surface area contributed by atoms with E-state index in [1.54, 1.807) is 24.3 Å². The second-order valence-electron chi connectivity index (χ2n) is 4.07. The summed E-state index contributed by atoms with van der Waals surface area (Å²) in [6, 6.07) is 5.84. The van der Waals surface area contributed by atoms with Crippen molar-refractivity contribution in [3.05, 3.63) is 33.4 Å². The van der Waals surface area contributed by atoms with E-state index in [0.717, 1.165) is 8.47 Å². The molecule has 6 nitrogen and oxygen atoms in total. The molecule has 100 valence electrons. The fraction of sp³-hybridized carbons (Fsp3) is 0.250. The number of rotatable bonds is 2. The largest absolute Gasteiger partial charge is 0.480 e. The van der Waals surface area contributed by atoms with Crippen molar-refractivity contribution in [3.8, 4) is 0 Å². The lowest BCUT2D eigenvalue weighted by molar-refractivity contribution is -0.144. The SMILES string of the molecule is O=C1CN(C(=O)c2ccccc2I)C(C(=O)O)CN1. The Labute approximate surface area is 122 Å². The van der Waals surface area contributed by atoms with Gasteiger partial charge < -0.3 is 15.3 Å². The molecule has 0 aliphatic carbocycles. The molecule has 1 aromatic rings. The zero-order chi connectivity index (χ0) is 14.0. The van der Waals surface area contributed by atoms with E-state index in [1.807, 2.05) is 22.6 Å². The second-order valence-corrected chi connectivity index (χ2v) is 5.23. The smallest absolute Gasteiger partial charge is 0.328 e. The van der Waals surface area contributed by atoms with Crippen LogP contribution in [-0.2, 0) is 9.59 Å². The van der Waals surface area contributed by atoms with Crippen molar-refractivity contribution in [2.75, 3.05) is 13.1 Å². The van der Waals surface area contributed by atoms with Gasteiger partial charge >= 0.3 is 5.97 Å². The molecular weight excluding hydrogens is 363 g/mol. The number of carbonyl (C=O) groups excluding carboxylic acids is 2. The third-order valence-electron chi connectivity index (χ3n) is 2.83. The standard InChI is InChI=1S/C12H11IN2O4/c13-8-4-2-1-3-7(8)11(17)15-6-10(16)14-5-9(15)12(18)19/h1-4,9H,5-6H2,(H,14,16)(H,18,19). The van der Waals surface area contributed by atoms with Gasteiger partial charge in [-0.25, -0.2) is 4.79 Å². The van der Waals surface area contributed by atoms with Crippen molar-refractivity contribution in [2.45, 2.75) is 6.04 Å². The third kappa shape index (κ3) is 2.86. The summed E-state index contributed by atoms with van der Waals surface area (Å²) < 4.78 is 0.722. The van der Waals surface area contributed by atoms with E-state index >= 15 is 0 Å². The molecule has 0 bridgehead atoms. The number of carboxylic acid groups (broad SMARTS) is 1. The quantitative estimate of drug-likeness (QED) is 0.730. The van der Waals surface area contributed by atoms with Crippen LogP contribution < -0.4 is 5.32 Å². The van der Waals surface area contributed by atoms with E-state index in [9.17, 15) is 14.4 Å². The van der Waals surface area contributed by atoms with Gasteiger partial charge in [-0.15, -0.1) is 0 Å². The Kier molecular flexibility index (Phi) is 4.03. The van der Waals surface area contributed by atoms with E-state index in [2.05, 4.69) is 5.32 Å². The van der Waals surface area contributed by atoms with Gasteiger partial charge in [0, 0.05) is 10.1 Å². The van der Waals surface area contributed by atoms with Gasteiger partial charge in [0.05, 0.1) is 5.56 Å². The number of halogens is 1. The first-order valence-electron chi connectivity index (χ1n) is 5.55. The predicted molar refractivity (Wildman–Crippen MR) is 74.6 cm³/mol. The monoisotopic (exact) mass is 374 g/mol. The molecule has 19 heavy (non-hydrogen) atoms. The molecule has 0 aromatic heterocycles. The lowest BCUT2D eigenvalue weighted by atomic mass is 10.1. The number of carboxylic acids is 1. The number of hydrogen-bond acceptors (Lipinski definition) is 3. The first kappa shape index (κ1) is 13.8. The van der Waals surface area contributed by atoms with Crippen molar-refractivity contribution in [1.82, 2.24) is 10.2 Å². The minimum Gasteiger partial charge on any atom is -0.480 e. The number of benzene rings is 1. The predicted octanol–water partition coefficient (Wildman–Crippen LogP) is 0.316. The average molecular weight is 374 g/mol. The molecule has 1 fully saturated rings. The lowest BCUT2D eigenvalue weighted by Gasteiger charge is -2.32. The normalized spacial score (nSPS) is 18.9. The summed E-state index contributed by atoms with van der Waals surface area (Å²) in [4.78, 5) is 36.0. The summed E-state index contributed by atoms with van der Waals surface area (Å²) in [5.74, 6) is -1.91. The molecule has 2 amide bonds. The van der Waals surface area contributed by atoms with Gasteiger partial charge in [0.25, 0.3) is 5.91 Å². The van der Waals surface area contributed by atoms with Crippen LogP contribution in [0.4, 0.5) is 0 Å². The number of piperazine rings is 1. The Balaban J connectivity index is 2.32. The van der Waals surface area contributed by atoms with Crippen molar-refractivity contribution >= 4 is 40.4 Å².